The predicted molar refractivity (Wildman–Crippen MR) is 97.9 cm³/mol. The van der Waals surface area contributed by atoms with Crippen molar-refractivity contribution in [2.24, 2.45) is 0 Å². The van der Waals surface area contributed by atoms with Crippen LogP contribution < -0.4 is 16.0 Å². The Morgan fingerprint density at radius 3 is 0.875 bits per heavy atom. The molecule has 6 nitrogen and oxygen atoms in total. The number of urea groups is 1. The van der Waals surface area contributed by atoms with Gasteiger partial charge in [-0.15, -0.1) is 0 Å². The average molecular weight is 333 g/mol. The summed E-state index contributed by atoms with van der Waals surface area (Å²) in [5.74, 6) is 0. The van der Waals surface area contributed by atoms with Crippen LogP contribution >= 0.6 is 0 Å². The molecule has 2 aromatic carbocycles. The summed E-state index contributed by atoms with van der Waals surface area (Å²) in [6.45, 7) is 0. The van der Waals surface area contributed by atoms with Crippen molar-refractivity contribution in [3.05, 3.63) is 72.8 Å². The lowest BCUT2D eigenvalue weighted by atomic mass is 10.4. The third-order valence-corrected chi connectivity index (χ3v) is 2.18. The standard InChI is InChI=1S/2C6H6.C3H8N2O.C3H7NO2/c2*1-2-4-6-5-3-1;1-4-3(6)5-2;1-4-3(5)6-2/h2*1-6H;1-2H3,(H2,4,5,6);1-2H3,(H,4,5). The van der Waals surface area contributed by atoms with Gasteiger partial charge in [0, 0.05) is 21.1 Å². The highest BCUT2D eigenvalue weighted by Crippen LogP contribution is 1.80. The minimum absolute atomic E-state index is 0.157. The van der Waals surface area contributed by atoms with Gasteiger partial charge in [-0.05, 0) is 0 Å². The molecule has 3 amide bonds. The number of carbonyl (C=O) groups is 2. The Balaban J connectivity index is 0. The highest BCUT2D eigenvalue weighted by Gasteiger charge is 1.85. The number of carbonyl (C=O) groups excluding carboxylic acids is 2. The Hall–Kier alpha value is -3.02. The van der Waals surface area contributed by atoms with Crippen LogP contribution in [0, 0.1) is 0 Å². The second kappa shape index (κ2) is 20.0. The maximum atomic E-state index is 9.96. The van der Waals surface area contributed by atoms with Gasteiger partial charge >= 0.3 is 12.1 Å². The lowest BCUT2D eigenvalue weighted by Gasteiger charge is -1.91. The van der Waals surface area contributed by atoms with E-state index < -0.39 is 6.09 Å². The number of methoxy groups -OCH3 is 1. The first-order chi connectivity index (χ1) is 11.6. The molecule has 132 valence electrons. The second-order valence-electron chi connectivity index (χ2n) is 3.88. The Kier molecular flexibility index (Phi) is 19.4. The average Bonchev–Trinajstić information content (AvgIpc) is 2.70. The Bertz CT molecular complexity index is 380. The second-order valence-corrected chi connectivity index (χ2v) is 3.88. The summed E-state index contributed by atoms with van der Waals surface area (Å²) in [5.41, 5.74) is 0. The fraction of sp³-hybridized carbons (Fsp3) is 0.222. The zero-order valence-electron chi connectivity index (χ0n) is 14.7. The van der Waals surface area contributed by atoms with Crippen LogP contribution in [0.4, 0.5) is 9.59 Å². The monoisotopic (exact) mass is 333 g/mol. The van der Waals surface area contributed by atoms with Crippen LogP contribution in [0.25, 0.3) is 0 Å². The fourth-order valence-corrected chi connectivity index (χ4v) is 0.997. The summed E-state index contributed by atoms with van der Waals surface area (Å²) in [4.78, 5) is 19.8. The topological polar surface area (TPSA) is 79.5 Å². The number of benzene rings is 2. The molecule has 0 saturated carbocycles. The van der Waals surface area contributed by atoms with E-state index in [-0.39, 0.29) is 6.03 Å². The molecule has 2 rings (SSSR count). The van der Waals surface area contributed by atoms with Crippen LogP contribution in [0.2, 0.25) is 0 Å². The lowest BCUT2D eigenvalue weighted by molar-refractivity contribution is 0.173. The summed E-state index contributed by atoms with van der Waals surface area (Å²) < 4.78 is 4.15. The summed E-state index contributed by atoms with van der Waals surface area (Å²) in [6, 6.07) is 23.8. The highest BCUT2D eigenvalue weighted by molar-refractivity contribution is 5.72. The van der Waals surface area contributed by atoms with Gasteiger partial charge in [0.25, 0.3) is 0 Å². The number of hydrogen-bond donors (Lipinski definition) is 3. The maximum absolute atomic E-state index is 9.96. The number of rotatable bonds is 0. The Morgan fingerprint density at radius 2 is 0.833 bits per heavy atom. The smallest absolute Gasteiger partial charge is 0.406 e. The molecule has 0 bridgehead atoms. The molecule has 0 radical (unpaired) electrons. The Morgan fingerprint density at radius 1 is 0.583 bits per heavy atom. The van der Waals surface area contributed by atoms with Crippen molar-refractivity contribution >= 4 is 12.1 Å². The van der Waals surface area contributed by atoms with Gasteiger partial charge in [-0.1, -0.05) is 72.8 Å². The largest absolute Gasteiger partial charge is 0.453 e. The SMILES string of the molecule is CNC(=O)NC.CNC(=O)OC.c1ccccc1.c1ccccc1. The molecular weight excluding hydrogens is 306 g/mol. The van der Waals surface area contributed by atoms with E-state index in [0.29, 0.717) is 0 Å². The van der Waals surface area contributed by atoms with E-state index in [9.17, 15) is 9.59 Å². The first-order valence-corrected chi connectivity index (χ1v) is 7.27. The summed E-state index contributed by atoms with van der Waals surface area (Å²) in [6.07, 6.45) is -0.407. The van der Waals surface area contributed by atoms with Crippen molar-refractivity contribution < 1.29 is 14.3 Å². The van der Waals surface area contributed by atoms with Crippen LogP contribution in [-0.2, 0) is 4.74 Å². The van der Waals surface area contributed by atoms with Gasteiger partial charge in [0.15, 0.2) is 0 Å². The lowest BCUT2D eigenvalue weighted by Crippen LogP contribution is -2.28. The van der Waals surface area contributed by atoms with Crippen molar-refractivity contribution in [1.82, 2.24) is 16.0 Å². The molecule has 6 heteroatoms. The molecule has 0 heterocycles. The van der Waals surface area contributed by atoms with Crippen molar-refractivity contribution in [3.8, 4) is 0 Å². The summed E-state index contributed by atoms with van der Waals surface area (Å²) in [7, 11) is 5.96. The molecule has 0 aromatic heterocycles. The molecule has 0 aliphatic carbocycles. The first kappa shape index (κ1) is 23.2. The van der Waals surface area contributed by atoms with E-state index in [2.05, 4.69) is 20.7 Å². The van der Waals surface area contributed by atoms with Crippen molar-refractivity contribution in [2.75, 3.05) is 28.3 Å². The molecule has 0 aliphatic rings. The molecular formula is C18H27N3O3. The number of nitrogens with one attached hydrogen (secondary N) is 3. The van der Waals surface area contributed by atoms with Gasteiger partial charge in [0.1, 0.15) is 0 Å². The fourth-order valence-electron chi connectivity index (χ4n) is 0.997. The molecule has 24 heavy (non-hydrogen) atoms. The van der Waals surface area contributed by atoms with E-state index in [4.69, 9.17) is 0 Å². The van der Waals surface area contributed by atoms with Gasteiger partial charge in [-0.25, -0.2) is 9.59 Å². The molecule has 0 aliphatic heterocycles. The van der Waals surface area contributed by atoms with E-state index >= 15 is 0 Å². The summed E-state index contributed by atoms with van der Waals surface area (Å²) >= 11 is 0. The minimum atomic E-state index is -0.407. The molecule has 0 unspecified atom stereocenters. The predicted octanol–water partition coefficient (Wildman–Crippen LogP) is 2.89. The van der Waals surface area contributed by atoms with E-state index in [1.54, 1.807) is 14.1 Å². The molecule has 3 N–H and O–H groups in total. The van der Waals surface area contributed by atoms with E-state index in [0.717, 1.165) is 0 Å². The number of amides is 3. The van der Waals surface area contributed by atoms with E-state index in [1.165, 1.54) is 14.2 Å². The van der Waals surface area contributed by atoms with Gasteiger partial charge in [-0.2, -0.15) is 0 Å². The normalized spacial score (nSPS) is 7.50. The van der Waals surface area contributed by atoms with Gasteiger partial charge in [0.05, 0.1) is 7.11 Å². The van der Waals surface area contributed by atoms with E-state index in [1.807, 2.05) is 72.8 Å². The molecule has 0 saturated heterocycles. The van der Waals surface area contributed by atoms with Crippen LogP contribution in [0.1, 0.15) is 0 Å². The van der Waals surface area contributed by atoms with Crippen LogP contribution in [-0.4, -0.2) is 40.4 Å². The summed E-state index contributed by atoms with van der Waals surface area (Å²) in [5, 5.41) is 6.98. The maximum Gasteiger partial charge on any atom is 0.406 e. The van der Waals surface area contributed by atoms with Crippen LogP contribution in [0.5, 0.6) is 0 Å². The van der Waals surface area contributed by atoms with Gasteiger partial charge in [0.2, 0.25) is 0 Å². The van der Waals surface area contributed by atoms with Gasteiger partial charge < -0.3 is 20.7 Å². The number of ether oxygens (including phenoxy) is 1. The van der Waals surface area contributed by atoms with Crippen molar-refractivity contribution in [3.63, 3.8) is 0 Å². The van der Waals surface area contributed by atoms with Crippen LogP contribution in [0.3, 0.4) is 0 Å². The van der Waals surface area contributed by atoms with Crippen molar-refractivity contribution in [2.45, 2.75) is 0 Å². The molecule has 2 aromatic rings. The third-order valence-electron chi connectivity index (χ3n) is 2.18. The molecule has 0 spiro atoms. The highest BCUT2D eigenvalue weighted by atomic mass is 16.5. The minimum Gasteiger partial charge on any atom is -0.453 e. The number of alkyl carbamates (subject to hydrolysis) is 1. The zero-order valence-corrected chi connectivity index (χ0v) is 14.7. The van der Waals surface area contributed by atoms with Gasteiger partial charge in [-0.3, -0.25) is 0 Å². The molecule has 0 fully saturated rings. The quantitative estimate of drug-likeness (QED) is 0.693. The van der Waals surface area contributed by atoms with Crippen molar-refractivity contribution in [1.29, 1.82) is 0 Å². The zero-order chi connectivity index (χ0) is 18.5. The Labute approximate surface area is 144 Å². The number of hydrogen-bond acceptors (Lipinski definition) is 3. The first-order valence-electron chi connectivity index (χ1n) is 7.27. The van der Waals surface area contributed by atoms with Crippen LogP contribution in [0.15, 0.2) is 72.8 Å². The third kappa shape index (κ3) is 21.3. The molecule has 0 atom stereocenters.